The van der Waals surface area contributed by atoms with E-state index in [1.165, 1.54) is 36.3 Å². The van der Waals surface area contributed by atoms with Gasteiger partial charge in [0.1, 0.15) is 16.5 Å². The van der Waals surface area contributed by atoms with Crippen molar-refractivity contribution in [1.82, 2.24) is 4.23 Å². The van der Waals surface area contributed by atoms with E-state index < -0.39 is 25.3 Å². The SMILES string of the molecule is CCO[Si](OCC)(OCC)C(C)N([Si](CC)(CC)CC)[Si](CC)(CC)CC. The van der Waals surface area contributed by atoms with Crippen molar-refractivity contribution in [3.63, 3.8) is 0 Å². The molecular weight excluding hydrogens is 386 g/mol. The van der Waals surface area contributed by atoms with Gasteiger partial charge >= 0.3 is 8.80 Å². The standard InChI is InChI=1S/C20H49NO3Si3/c1-11-22-27(23-12-2,24-13-3)20(10)21(25(14-4,15-5)16-6)26(17-7,18-8)19-9/h20H,11-19H2,1-10H3. The van der Waals surface area contributed by atoms with Crippen molar-refractivity contribution in [2.75, 3.05) is 19.8 Å². The Morgan fingerprint density at radius 3 is 1.00 bits per heavy atom. The van der Waals surface area contributed by atoms with Gasteiger partial charge in [0.2, 0.25) is 0 Å². The summed E-state index contributed by atoms with van der Waals surface area (Å²) < 4.78 is 22.3. The highest BCUT2D eigenvalue weighted by molar-refractivity contribution is 6.94. The van der Waals surface area contributed by atoms with Crippen molar-refractivity contribution in [2.45, 2.75) is 111 Å². The molecular formula is C20H49NO3Si3. The molecule has 0 radical (unpaired) electrons. The molecule has 0 N–H and O–H groups in total. The van der Waals surface area contributed by atoms with Gasteiger partial charge in [-0.2, -0.15) is 0 Å². The van der Waals surface area contributed by atoms with E-state index in [1.807, 2.05) is 0 Å². The van der Waals surface area contributed by atoms with E-state index in [0.29, 0.717) is 19.8 Å². The van der Waals surface area contributed by atoms with Gasteiger partial charge in [-0.1, -0.05) is 41.5 Å². The first-order valence-corrected chi connectivity index (χ1v) is 18.5. The topological polar surface area (TPSA) is 30.9 Å². The van der Waals surface area contributed by atoms with Crippen molar-refractivity contribution >= 4 is 25.3 Å². The number of hydrogen-bond acceptors (Lipinski definition) is 4. The van der Waals surface area contributed by atoms with Crippen LogP contribution in [0.1, 0.15) is 69.2 Å². The van der Waals surface area contributed by atoms with Crippen LogP contribution in [0.3, 0.4) is 0 Å². The number of hydrogen-bond donors (Lipinski definition) is 0. The van der Waals surface area contributed by atoms with E-state index in [9.17, 15) is 0 Å². The molecule has 1 unspecified atom stereocenters. The quantitative estimate of drug-likeness (QED) is 0.267. The zero-order valence-corrected chi connectivity index (χ0v) is 23.1. The maximum atomic E-state index is 6.41. The molecule has 0 aliphatic heterocycles. The smallest absolute Gasteiger partial charge is 0.373 e. The van der Waals surface area contributed by atoms with Crippen molar-refractivity contribution in [3.8, 4) is 0 Å². The lowest BCUT2D eigenvalue weighted by atomic mass is 10.8. The van der Waals surface area contributed by atoms with E-state index in [0.717, 1.165) is 0 Å². The Morgan fingerprint density at radius 1 is 0.556 bits per heavy atom. The molecule has 0 aliphatic rings. The van der Waals surface area contributed by atoms with Gasteiger partial charge in [-0.05, 0) is 64.0 Å². The summed E-state index contributed by atoms with van der Waals surface area (Å²) in [6.07, 6.45) is 0. The van der Waals surface area contributed by atoms with Crippen LogP contribution >= 0.6 is 0 Å². The Labute approximate surface area is 173 Å². The lowest BCUT2D eigenvalue weighted by Crippen LogP contribution is -2.75. The Hall–Kier alpha value is 0.491. The van der Waals surface area contributed by atoms with E-state index in [2.05, 4.69) is 73.5 Å². The van der Waals surface area contributed by atoms with Crippen LogP contribution < -0.4 is 0 Å². The average molecular weight is 436 g/mol. The highest BCUT2D eigenvalue weighted by atomic mass is 28.4. The van der Waals surface area contributed by atoms with Crippen molar-refractivity contribution in [1.29, 1.82) is 0 Å². The highest BCUT2D eigenvalue weighted by Crippen LogP contribution is 2.40. The van der Waals surface area contributed by atoms with Crippen molar-refractivity contribution < 1.29 is 13.3 Å². The van der Waals surface area contributed by atoms with Crippen LogP contribution in [0.25, 0.3) is 0 Å². The predicted molar refractivity (Wildman–Crippen MR) is 126 cm³/mol. The lowest BCUT2D eigenvalue weighted by molar-refractivity contribution is 0.0548. The summed E-state index contributed by atoms with van der Waals surface area (Å²) in [6, 6.07) is 7.80. The predicted octanol–water partition coefficient (Wildman–Crippen LogP) is 6.27. The number of nitrogens with zero attached hydrogens (tertiary/aromatic N) is 1. The van der Waals surface area contributed by atoms with Crippen LogP contribution in [0.15, 0.2) is 0 Å². The second kappa shape index (κ2) is 12.9. The molecule has 164 valence electrons. The lowest BCUT2D eigenvalue weighted by Gasteiger charge is -2.57. The molecule has 0 fully saturated rings. The van der Waals surface area contributed by atoms with Crippen LogP contribution in [0.5, 0.6) is 0 Å². The first-order valence-electron chi connectivity index (χ1n) is 11.5. The molecule has 0 aliphatic carbocycles. The molecule has 0 aromatic rings. The third-order valence-corrected chi connectivity index (χ3v) is 24.3. The molecule has 0 bridgehead atoms. The molecule has 0 heterocycles. The van der Waals surface area contributed by atoms with Crippen molar-refractivity contribution in [2.24, 2.45) is 0 Å². The minimum Gasteiger partial charge on any atom is -0.373 e. The van der Waals surface area contributed by atoms with Gasteiger partial charge in [0.05, 0.1) is 5.67 Å². The Bertz CT molecular complexity index is 337. The van der Waals surface area contributed by atoms with Crippen LogP contribution in [0, 0.1) is 0 Å². The summed E-state index contributed by atoms with van der Waals surface area (Å²) in [7, 11) is -6.01. The summed E-state index contributed by atoms with van der Waals surface area (Å²) in [4.78, 5) is 0. The largest absolute Gasteiger partial charge is 0.517 e. The molecule has 0 rings (SSSR count). The molecule has 0 aromatic heterocycles. The van der Waals surface area contributed by atoms with Gasteiger partial charge < -0.3 is 17.5 Å². The Morgan fingerprint density at radius 2 is 0.815 bits per heavy atom. The molecule has 0 amide bonds. The van der Waals surface area contributed by atoms with Gasteiger partial charge in [0.25, 0.3) is 0 Å². The average Bonchev–Trinajstić information content (AvgIpc) is 2.69. The summed E-state index contributed by atoms with van der Waals surface area (Å²) in [5.74, 6) is 0. The maximum absolute atomic E-state index is 6.41. The fourth-order valence-corrected chi connectivity index (χ4v) is 23.7. The monoisotopic (exact) mass is 435 g/mol. The summed E-state index contributed by atoms with van der Waals surface area (Å²) in [5, 5.41) is 0. The van der Waals surface area contributed by atoms with Gasteiger partial charge in [0.15, 0.2) is 0 Å². The minimum absolute atomic E-state index is 0.246. The van der Waals surface area contributed by atoms with Gasteiger partial charge in [-0.3, -0.25) is 0 Å². The van der Waals surface area contributed by atoms with Gasteiger partial charge in [-0.25, -0.2) is 0 Å². The third kappa shape index (κ3) is 5.77. The van der Waals surface area contributed by atoms with E-state index in [4.69, 9.17) is 13.3 Å². The second-order valence-electron chi connectivity index (χ2n) is 7.52. The first kappa shape index (κ1) is 27.5. The van der Waals surface area contributed by atoms with Gasteiger partial charge in [-0.15, -0.1) is 0 Å². The van der Waals surface area contributed by atoms with Gasteiger partial charge in [0, 0.05) is 19.8 Å². The third-order valence-electron chi connectivity index (χ3n) is 6.91. The zero-order valence-electron chi connectivity index (χ0n) is 20.1. The maximum Gasteiger partial charge on any atom is 0.517 e. The Balaban J connectivity index is 6.61. The van der Waals surface area contributed by atoms with Crippen LogP contribution in [-0.4, -0.2) is 55.0 Å². The van der Waals surface area contributed by atoms with Crippen LogP contribution in [-0.2, 0) is 13.3 Å². The molecule has 4 nitrogen and oxygen atoms in total. The molecule has 0 saturated carbocycles. The second-order valence-corrected chi connectivity index (χ2v) is 21.0. The highest BCUT2D eigenvalue weighted by Gasteiger charge is 2.58. The normalized spacial score (nSPS) is 14.8. The zero-order chi connectivity index (χ0) is 21.1. The molecule has 0 spiro atoms. The minimum atomic E-state index is -2.78. The summed E-state index contributed by atoms with van der Waals surface area (Å²) in [5.41, 5.74) is 0.246. The molecule has 27 heavy (non-hydrogen) atoms. The first-order chi connectivity index (χ1) is 12.8. The fraction of sp³-hybridized carbons (Fsp3) is 1.00. The molecule has 0 saturated heterocycles. The van der Waals surface area contributed by atoms with Crippen LogP contribution in [0.4, 0.5) is 0 Å². The Kier molecular flexibility index (Phi) is 13.2. The van der Waals surface area contributed by atoms with E-state index >= 15 is 0 Å². The summed E-state index contributed by atoms with van der Waals surface area (Å²) >= 11 is 0. The fourth-order valence-electron chi connectivity index (χ4n) is 5.10. The number of rotatable bonds is 16. The molecule has 0 aromatic carbocycles. The molecule has 1 atom stereocenters. The van der Waals surface area contributed by atoms with Crippen molar-refractivity contribution in [3.05, 3.63) is 0 Å². The van der Waals surface area contributed by atoms with Crippen LogP contribution in [0.2, 0.25) is 36.3 Å². The van der Waals surface area contributed by atoms with E-state index in [1.54, 1.807) is 0 Å². The van der Waals surface area contributed by atoms with E-state index in [-0.39, 0.29) is 5.67 Å². The molecule has 7 heteroatoms. The summed E-state index contributed by atoms with van der Waals surface area (Å²) in [6.45, 7) is 25.1.